The molecule has 0 saturated carbocycles. The first kappa shape index (κ1) is 31.1. The lowest BCUT2D eigenvalue weighted by Gasteiger charge is -2.30. The van der Waals surface area contributed by atoms with E-state index in [-0.39, 0.29) is 0 Å². The van der Waals surface area contributed by atoms with Gasteiger partial charge in [-0.25, -0.2) is 4.99 Å². The fourth-order valence-electron chi connectivity index (χ4n) is 3.52. The van der Waals surface area contributed by atoms with Crippen LogP contribution >= 0.6 is 0 Å². The summed E-state index contributed by atoms with van der Waals surface area (Å²) in [6, 6.07) is 9.95. The molecule has 2 aliphatic rings. The van der Waals surface area contributed by atoms with Gasteiger partial charge >= 0.3 is 0 Å². The number of aliphatic imine (C=N–C) groups is 1. The third kappa shape index (κ3) is 12.1. The number of allylic oxidation sites excluding steroid dienone is 3. The summed E-state index contributed by atoms with van der Waals surface area (Å²) in [7, 11) is 4.00. The van der Waals surface area contributed by atoms with E-state index in [2.05, 4.69) is 52.2 Å². The number of aldehydes is 1. The first-order chi connectivity index (χ1) is 17.5. The van der Waals surface area contributed by atoms with Crippen LogP contribution in [0, 0.1) is 0 Å². The molecule has 0 amide bonds. The van der Waals surface area contributed by atoms with Crippen LogP contribution in [0.5, 0.6) is 0 Å². The second-order valence-corrected chi connectivity index (χ2v) is 8.73. The molecule has 0 unspecified atom stereocenters. The summed E-state index contributed by atoms with van der Waals surface area (Å²) < 4.78 is 0. The standard InChI is InChI=1S/C14H21N3.C8H13NO.C8H13N/c1-4-12(11-15)14(17(3)5-2)16-13-9-7-6-8-10-13;1-2-8(7-10)6-9-4-3-5-9;1-9-7-8-5-3-2-4-6-8/h6-11H,4-5,15H2,1-3H3;2,7H,3-6H2,1H3;3,5-6,9H,2,4,7H2,1H3/b12-11-,16-14?;8-2+;. The van der Waals surface area contributed by atoms with Gasteiger partial charge in [0.25, 0.3) is 0 Å². The number of carbonyl (C=O) groups is 1. The predicted molar refractivity (Wildman–Crippen MR) is 156 cm³/mol. The average Bonchev–Trinajstić information content (AvgIpc) is 2.90. The predicted octanol–water partition coefficient (Wildman–Crippen LogP) is 5.24. The number of carbonyl (C=O) groups excluding carboxylic acids is 1. The van der Waals surface area contributed by atoms with Crippen LogP contribution in [0.3, 0.4) is 0 Å². The molecule has 6 nitrogen and oxygen atoms in total. The SMILES string of the molecule is C/C=C(/C=O)CN1CCC1.CC/C(=C/N)C(=Nc1ccccc1)N(C)CC.CNCC1=CCCC=C1. The zero-order chi connectivity index (χ0) is 26.6. The van der Waals surface area contributed by atoms with E-state index in [1.54, 1.807) is 6.20 Å². The molecular formula is C30H47N5O. The van der Waals surface area contributed by atoms with Gasteiger partial charge in [-0.05, 0) is 77.4 Å². The summed E-state index contributed by atoms with van der Waals surface area (Å²) in [5, 5.41) is 3.12. The van der Waals surface area contributed by atoms with Gasteiger partial charge in [-0.3, -0.25) is 9.69 Å². The Morgan fingerprint density at radius 3 is 2.36 bits per heavy atom. The molecule has 3 N–H and O–H groups in total. The number of likely N-dealkylation sites (N-methyl/N-ethyl adjacent to an activating group) is 2. The lowest BCUT2D eigenvalue weighted by atomic mass is 10.1. The molecule has 0 atom stereocenters. The Balaban J connectivity index is 0.000000290. The van der Waals surface area contributed by atoms with Crippen LogP contribution in [-0.4, -0.2) is 68.7 Å². The highest BCUT2D eigenvalue weighted by atomic mass is 16.1. The minimum absolute atomic E-state index is 0.847. The van der Waals surface area contributed by atoms with Crippen molar-refractivity contribution in [1.29, 1.82) is 0 Å². The van der Waals surface area contributed by atoms with Crippen LogP contribution in [0.1, 0.15) is 46.5 Å². The smallest absolute Gasteiger partial charge is 0.146 e. The Morgan fingerprint density at radius 2 is 1.92 bits per heavy atom. The number of benzene rings is 1. The third-order valence-corrected chi connectivity index (χ3v) is 6.03. The number of hydrogen-bond acceptors (Lipinski definition) is 5. The lowest BCUT2D eigenvalue weighted by molar-refractivity contribution is -0.105. The topological polar surface area (TPSA) is 74.0 Å². The number of hydrogen-bond donors (Lipinski definition) is 2. The van der Waals surface area contributed by atoms with Crippen LogP contribution in [0.4, 0.5) is 5.69 Å². The summed E-state index contributed by atoms with van der Waals surface area (Å²) in [6.07, 6.45) is 15.8. The molecule has 1 aliphatic carbocycles. The van der Waals surface area contributed by atoms with Crippen molar-refractivity contribution >= 4 is 17.8 Å². The number of nitrogens with one attached hydrogen (secondary N) is 1. The molecule has 1 saturated heterocycles. The number of amidine groups is 1. The maximum atomic E-state index is 10.3. The molecular weight excluding hydrogens is 446 g/mol. The fourth-order valence-corrected chi connectivity index (χ4v) is 3.52. The molecule has 6 heteroatoms. The second kappa shape index (κ2) is 19.3. The van der Waals surface area contributed by atoms with Crippen molar-refractivity contribution in [2.24, 2.45) is 10.7 Å². The lowest BCUT2D eigenvalue weighted by Crippen LogP contribution is -2.38. The van der Waals surface area contributed by atoms with E-state index >= 15 is 0 Å². The van der Waals surface area contributed by atoms with Crippen molar-refractivity contribution in [2.45, 2.75) is 46.5 Å². The minimum Gasteiger partial charge on any atom is -0.404 e. The van der Waals surface area contributed by atoms with Crippen molar-refractivity contribution in [3.63, 3.8) is 0 Å². The summed E-state index contributed by atoms with van der Waals surface area (Å²) >= 11 is 0. The molecule has 0 radical (unpaired) electrons. The first-order valence-corrected chi connectivity index (χ1v) is 13.1. The molecule has 36 heavy (non-hydrogen) atoms. The highest BCUT2D eigenvalue weighted by Crippen LogP contribution is 2.15. The first-order valence-electron chi connectivity index (χ1n) is 13.1. The molecule has 0 aromatic heterocycles. The molecule has 198 valence electrons. The quantitative estimate of drug-likeness (QED) is 0.213. The van der Waals surface area contributed by atoms with Crippen LogP contribution in [0.2, 0.25) is 0 Å². The Kier molecular flexibility index (Phi) is 16.6. The second-order valence-electron chi connectivity index (χ2n) is 8.73. The van der Waals surface area contributed by atoms with Gasteiger partial charge in [0.05, 0.1) is 5.69 Å². The zero-order valence-electron chi connectivity index (χ0n) is 23.0. The summed E-state index contributed by atoms with van der Waals surface area (Å²) in [5.74, 6) is 0.948. The van der Waals surface area contributed by atoms with Gasteiger partial charge < -0.3 is 16.0 Å². The van der Waals surface area contributed by atoms with Gasteiger partial charge in [-0.1, -0.05) is 49.4 Å². The summed E-state index contributed by atoms with van der Waals surface area (Å²) in [6.45, 7) is 11.2. The Labute approximate surface area is 219 Å². The highest BCUT2D eigenvalue weighted by Gasteiger charge is 2.13. The average molecular weight is 494 g/mol. The van der Waals surface area contributed by atoms with Gasteiger partial charge in [0.1, 0.15) is 12.1 Å². The van der Waals surface area contributed by atoms with Crippen LogP contribution in [-0.2, 0) is 4.79 Å². The maximum Gasteiger partial charge on any atom is 0.146 e. The molecule has 0 spiro atoms. The Bertz CT molecular complexity index is 895. The zero-order valence-corrected chi connectivity index (χ0v) is 23.0. The highest BCUT2D eigenvalue weighted by molar-refractivity contribution is 5.99. The van der Waals surface area contributed by atoms with E-state index in [4.69, 9.17) is 5.73 Å². The minimum atomic E-state index is 0.847. The van der Waals surface area contributed by atoms with E-state index in [9.17, 15) is 4.79 Å². The van der Waals surface area contributed by atoms with Gasteiger partial charge in [0, 0.05) is 44.0 Å². The van der Waals surface area contributed by atoms with Crippen molar-refractivity contribution in [3.05, 3.63) is 77.6 Å². The molecule has 3 rings (SSSR count). The number of nitrogens with two attached hydrogens (primary N) is 1. The van der Waals surface area contributed by atoms with Gasteiger partial charge in [0.15, 0.2) is 0 Å². The Hall–Kier alpha value is -2.96. The van der Waals surface area contributed by atoms with E-state index in [0.717, 1.165) is 68.1 Å². The third-order valence-electron chi connectivity index (χ3n) is 6.03. The summed E-state index contributed by atoms with van der Waals surface area (Å²) in [5.41, 5.74) is 10.0. The van der Waals surface area contributed by atoms with E-state index in [1.165, 1.54) is 24.8 Å². The van der Waals surface area contributed by atoms with E-state index in [0.29, 0.717) is 0 Å². The van der Waals surface area contributed by atoms with Gasteiger partial charge in [-0.15, -0.1) is 0 Å². The maximum absolute atomic E-state index is 10.3. The Morgan fingerprint density at radius 1 is 1.19 bits per heavy atom. The number of likely N-dealkylation sites (tertiary alicyclic amines) is 1. The normalized spacial score (nSPS) is 16.0. The van der Waals surface area contributed by atoms with Crippen molar-refractivity contribution < 1.29 is 4.79 Å². The van der Waals surface area contributed by atoms with Crippen molar-refractivity contribution in [3.8, 4) is 0 Å². The summed E-state index contributed by atoms with van der Waals surface area (Å²) in [4.78, 5) is 19.4. The van der Waals surface area contributed by atoms with E-state index < -0.39 is 0 Å². The number of para-hydroxylation sites is 1. The fraction of sp³-hybridized carbons (Fsp3) is 0.467. The molecule has 1 aromatic rings. The number of nitrogens with zero attached hydrogens (tertiary/aromatic N) is 3. The number of rotatable bonds is 9. The van der Waals surface area contributed by atoms with Crippen molar-refractivity contribution in [2.75, 3.05) is 46.8 Å². The van der Waals surface area contributed by atoms with Crippen LogP contribution in [0.15, 0.2) is 82.5 Å². The molecule has 1 fully saturated rings. The monoisotopic (exact) mass is 493 g/mol. The molecule has 0 bridgehead atoms. The van der Waals surface area contributed by atoms with Crippen molar-refractivity contribution in [1.82, 2.24) is 15.1 Å². The van der Waals surface area contributed by atoms with Gasteiger partial charge in [0.2, 0.25) is 0 Å². The van der Waals surface area contributed by atoms with Crippen LogP contribution in [0.25, 0.3) is 0 Å². The largest absolute Gasteiger partial charge is 0.404 e. The van der Waals surface area contributed by atoms with E-state index in [1.807, 2.05) is 57.4 Å². The molecule has 1 heterocycles. The van der Waals surface area contributed by atoms with Crippen LogP contribution < -0.4 is 11.1 Å². The molecule has 1 aromatic carbocycles. The van der Waals surface area contributed by atoms with Gasteiger partial charge in [-0.2, -0.15) is 0 Å². The molecule has 1 aliphatic heterocycles.